The van der Waals surface area contributed by atoms with E-state index in [4.69, 9.17) is 10.5 Å². The molecule has 33 heavy (non-hydrogen) atoms. The van der Waals surface area contributed by atoms with Crippen molar-refractivity contribution < 1.29 is 22.8 Å². The van der Waals surface area contributed by atoms with Gasteiger partial charge in [-0.25, -0.2) is 0 Å². The van der Waals surface area contributed by atoms with Gasteiger partial charge in [0.05, 0.1) is 29.4 Å². The van der Waals surface area contributed by atoms with Crippen LogP contribution in [0.4, 0.5) is 30.4 Å². The molecule has 1 aliphatic heterocycles. The van der Waals surface area contributed by atoms with Crippen molar-refractivity contribution in [3.05, 3.63) is 62.8 Å². The zero-order valence-electron chi connectivity index (χ0n) is 18.0. The molecule has 11 heteroatoms. The summed E-state index contributed by atoms with van der Waals surface area (Å²) in [6, 6.07) is 7.32. The number of hydrogen-bond acceptors (Lipinski definition) is 7. The number of fused-ring (bicyclic) bond motifs is 1. The van der Waals surface area contributed by atoms with Gasteiger partial charge in [0.1, 0.15) is 0 Å². The third kappa shape index (κ3) is 4.28. The standard InChI is InChI=1S/C22H22F3N5O3/c1-12-17(10-15(30(31)32)11-19(12)22(23,24)25)13(2)20-16-4-3-14(29-5-7-33-8-6-29)9-18(16)21(26)28-27-20/h3-4,9-11,13H,5-8H2,1-2H3,(H2,26,28). The van der Waals surface area contributed by atoms with E-state index in [1.165, 1.54) is 13.0 Å². The van der Waals surface area contributed by atoms with Gasteiger partial charge in [-0.2, -0.15) is 18.3 Å². The molecule has 0 saturated carbocycles. The number of morpholine rings is 1. The van der Waals surface area contributed by atoms with E-state index in [0.717, 1.165) is 18.8 Å². The van der Waals surface area contributed by atoms with Crippen molar-refractivity contribution in [2.45, 2.75) is 25.9 Å². The van der Waals surface area contributed by atoms with Crippen LogP contribution in [0.3, 0.4) is 0 Å². The highest BCUT2D eigenvalue weighted by Gasteiger charge is 2.36. The first-order chi connectivity index (χ1) is 15.6. The van der Waals surface area contributed by atoms with Crippen molar-refractivity contribution in [3.63, 3.8) is 0 Å². The molecule has 1 aliphatic rings. The van der Waals surface area contributed by atoms with Gasteiger partial charge in [0.2, 0.25) is 0 Å². The predicted octanol–water partition coefficient (Wildman–Crippen LogP) is 4.44. The van der Waals surface area contributed by atoms with E-state index < -0.39 is 28.3 Å². The number of nitro groups is 1. The fourth-order valence-electron chi connectivity index (χ4n) is 4.24. The number of benzene rings is 2. The van der Waals surface area contributed by atoms with Gasteiger partial charge in [-0.1, -0.05) is 13.0 Å². The number of aromatic nitrogens is 2. The van der Waals surface area contributed by atoms with Gasteiger partial charge in [0, 0.05) is 47.6 Å². The van der Waals surface area contributed by atoms with Crippen LogP contribution < -0.4 is 10.6 Å². The van der Waals surface area contributed by atoms with Crippen LogP contribution in [-0.2, 0) is 10.9 Å². The molecule has 3 aromatic rings. The number of hydrogen-bond donors (Lipinski definition) is 1. The van der Waals surface area contributed by atoms with E-state index in [1.54, 1.807) is 6.92 Å². The summed E-state index contributed by atoms with van der Waals surface area (Å²) in [4.78, 5) is 12.6. The number of alkyl halides is 3. The van der Waals surface area contributed by atoms with Crippen LogP contribution in [0.2, 0.25) is 0 Å². The van der Waals surface area contributed by atoms with E-state index in [0.29, 0.717) is 35.7 Å². The second-order valence-electron chi connectivity index (χ2n) is 7.98. The van der Waals surface area contributed by atoms with Crippen LogP contribution in [0.15, 0.2) is 30.3 Å². The van der Waals surface area contributed by atoms with Gasteiger partial charge < -0.3 is 15.4 Å². The number of ether oxygens (including phenoxy) is 1. The predicted molar refractivity (Wildman–Crippen MR) is 117 cm³/mol. The Morgan fingerprint density at radius 1 is 1.15 bits per heavy atom. The molecule has 2 aromatic carbocycles. The van der Waals surface area contributed by atoms with Crippen LogP contribution in [0.5, 0.6) is 0 Å². The molecule has 2 N–H and O–H groups in total. The normalized spacial score (nSPS) is 15.6. The Bertz CT molecular complexity index is 1230. The number of halogens is 3. The summed E-state index contributed by atoms with van der Waals surface area (Å²) < 4.78 is 46.1. The van der Waals surface area contributed by atoms with Crippen molar-refractivity contribution in [1.29, 1.82) is 0 Å². The Balaban J connectivity index is 1.85. The molecule has 0 aliphatic carbocycles. The van der Waals surface area contributed by atoms with E-state index >= 15 is 0 Å². The highest BCUT2D eigenvalue weighted by molar-refractivity contribution is 5.95. The lowest BCUT2D eigenvalue weighted by molar-refractivity contribution is -0.385. The highest BCUT2D eigenvalue weighted by Crippen LogP contribution is 2.40. The first-order valence-corrected chi connectivity index (χ1v) is 10.3. The van der Waals surface area contributed by atoms with Gasteiger partial charge in [0.15, 0.2) is 5.82 Å². The number of nitro benzene ring substituents is 1. The van der Waals surface area contributed by atoms with E-state index in [-0.39, 0.29) is 16.9 Å². The highest BCUT2D eigenvalue weighted by atomic mass is 19.4. The number of rotatable bonds is 4. The largest absolute Gasteiger partial charge is 0.416 e. The number of nitrogen functional groups attached to an aromatic ring is 1. The zero-order chi connectivity index (χ0) is 23.9. The first-order valence-electron chi connectivity index (χ1n) is 10.3. The summed E-state index contributed by atoms with van der Waals surface area (Å²) in [6.45, 7) is 5.63. The molecule has 1 atom stereocenters. The molecule has 8 nitrogen and oxygen atoms in total. The maximum atomic E-state index is 13.6. The number of non-ortho nitro benzene ring substituents is 1. The second-order valence-corrected chi connectivity index (χ2v) is 7.98. The summed E-state index contributed by atoms with van der Waals surface area (Å²) in [5, 5.41) is 20.8. The average Bonchev–Trinajstić information content (AvgIpc) is 2.78. The van der Waals surface area contributed by atoms with Gasteiger partial charge in [-0.15, -0.1) is 5.10 Å². The minimum absolute atomic E-state index is 0.0858. The lowest BCUT2D eigenvalue weighted by atomic mass is 9.88. The first kappa shape index (κ1) is 22.7. The Morgan fingerprint density at radius 2 is 1.85 bits per heavy atom. The maximum absolute atomic E-state index is 13.6. The molecule has 1 unspecified atom stereocenters. The molecule has 4 rings (SSSR count). The van der Waals surface area contributed by atoms with Crippen LogP contribution in [0.1, 0.15) is 35.2 Å². The molecule has 2 heterocycles. The average molecular weight is 461 g/mol. The van der Waals surface area contributed by atoms with E-state index in [2.05, 4.69) is 15.1 Å². The SMILES string of the molecule is Cc1c(C(C)c2nnc(N)c3cc(N4CCOCC4)ccc23)cc([N+](=O)[O-])cc1C(F)(F)F. The van der Waals surface area contributed by atoms with Gasteiger partial charge >= 0.3 is 6.18 Å². The molecular formula is C22H22F3N5O3. The molecule has 1 fully saturated rings. The van der Waals surface area contributed by atoms with Gasteiger partial charge in [0.25, 0.3) is 5.69 Å². The molecule has 1 saturated heterocycles. The van der Waals surface area contributed by atoms with E-state index in [1.807, 2.05) is 18.2 Å². The zero-order valence-corrected chi connectivity index (χ0v) is 18.0. The number of nitrogens with zero attached hydrogens (tertiary/aromatic N) is 4. The van der Waals surface area contributed by atoms with Crippen LogP contribution in [0.25, 0.3) is 10.8 Å². The summed E-state index contributed by atoms with van der Waals surface area (Å²) in [6.07, 6.45) is -4.73. The minimum Gasteiger partial charge on any atom is -0.382 e. The van der Waals surface area contributed by atoms with Crippen molar-refractivity contribution in [2.75, 3.05) is 36.9 Å². The molecule has 0 radical (unpaired) electrons. The fourth-order valence-corrected chi connectivity index (χ4v) is 4.24. The monoisotopic (exact) mass is 461 g/mol. The molecular weight excluding hydrogens is 439 g/mol. The van der Waals surface area contributed by atoms with Gasteiger partial charge in [-0.05, 0) is 30.2 Å². The summed E-state index contributed by atoms with van der Waals surface area (Å²) in [5.74, 6) is -0.501. The Morgan fingerprint density at radius 3 is 2.48 bits per heavy atom. The van der Waals surface area contributed by atoms with Crippen LogP contribution in [-0.4, -0.2) is 41.4 Å². The van der Waals surface area contributed by atoms with Crippen LogP contribution in [0, 0.1) is 17.0 Å². The molecule has 174 valence electrons. The molecule has 1 aromatic heterocycles. The quantitative estimate of drug-likeness (QED) is 0.452. The van der Waals surface area contributed by atoms with Crippen molar-refractivity contribution >= 4 is 28.0 Å². The number of nitrogens with two attached hydrogens (primary N) is 1. The topological polar surface area (TPSA) is 107 Å². The lowest BCUT2D eigenvalue weighted by Gasteiger charge is -2.29. The minimum atomic E-state index is -4.73. The molecule has 0 amide bonds. The van der Waals surface area contributed by atoms with Crippen molar-refractivity contribution in [1.82, 2.24) is 10.2 Å². The molecule has 0 spiro atoms. The Kier molecular flexibility index (Phi) is 5.83. The summed E-state index contributed by atoms with van der Waals surface area (Å²) >= 11 is 0. The lowest BCUT2D eigenvalue weighted by Crippen LogP contribution is -2.36. The van der Waals surface area contributed by atoms with Crippen molar-refractivity contribution in [2.24, 2.45) is 0 Å². The summed E-state index contributed by atoms with van der Waals surface area (Å²) in [7, 11) is 0. The van der Waals surface area contributed by atoms with Gasteiger partial charge in [-0.3, -0.25) is 10.1 Å². The summed E-state index contributed by atoms with van der Waals surface area (Å²) in [5.41, 5.74) is 5.81. The smallest absolute Gasteiger partial charge is 0.382 e. The van der Waals surface area contributed by atoms with Crippen molar-refractivity contribution in [3.8, 4) is 0 Å². The maximum Gasteiger partial charge on any atom is 0.416 e. The number of anilines is 2. The Hall–Kier alpha value is -3.47. The second kappa shape index (κ2) is 8.47. The van der Waals surface area contributed by atoms with Crippen LogP contribution >= 0.6 is 0 Å². The Labute approximate surface area is 187 Å². The molecule has 0 bridgehead atoms. The van der Waals surface area contributed by atoms with E-state index in [9.17, 15) is 23.3 Å². The third-order valence-corrected chi connectivity index (χ3v) is 6.02. The third-order valence-electron chi connectivity index (χ3n) is 6.02. The fraction of sp³-hybridized carbons (Fsp3) is 0.364.